The number of ether oxygens (including phenoxy) is 1. The molecule has 0 aliphatic rings. The van der Waals surface area contributed by atoms with Crippen molar-refractivity contribution in [1.29, 1.82) is 0 Å². The van der Waals surface area contributed by atoms with Crippen molar-refractivity contribution >= 4 is 39.9 Å². The molecule has 1 unspecified atom stereocenters. The van der Waals surface area contributed by atoms with Crippen LogP contribution in [0.2, 0.25) is 5.02 Å². The smallest absolute Gasteiger partial charge is 0.118 e. The first-order chi connectivity index (χ1) is 10.1. The zero-order valence-corrected chi connectivity index (χ0v) is 15.1. The van der Waals surface area contributed by atoms with Crippen molar-refractivity contribution in [2.75, 3.05) is 12.4 Å². The number of rotatable bonds is 6. The highest BCUT2D eigenvalue weighted by Crippen LogP contribution is 2.23. The molecule has 1 N–H and O–H groups in total. The van der Waals surface area contributed by atoms with Crippen molar-refractivity contribution in [3.05, 3.63) is 56.6 Å². The van der Waals surface area contributed by atoms with Gasteiger partial charge < -0.3 is 10.1 Å². The Morgan fingerprint density at radius 3 is 2.52 bits per heavy atom. The predicted octanol–water partition coefficient (Wildman–Crippen LogP) is 5.39. The Labute approximate surface area is 145 Å². The van der Waals surface area contributed by atoms with Gasteiger partial charge in [0.2, 0.25) is 0 Å². The zero-order chi connectivity index (χ0) is 15.2. The Morgan fingerprint density at radius 2 is 1.90 bits per heavy atom. The Morgan fingerprint density at radius 1 is 1.19 bits per heavy atom. The second kappa shape index (κ2) is 7.90. The maximum absolute atomic E-state index is 5.98. The molecule has 0 radical (unpaired) electrons. The first kappa shape index (κ1) is 16.4. The van der Waals surface area contributed by atoms with Gasteiger partial charge in [0, 0.05) is 20.3 Å². The number of halogens is 2. The van der Waals surface area contributed by atoms with E-state index in [1.54, 1.807) is 7.11 Å². The molecular weight excluding hydrogens is 397 g/mol. The fourth-order valence-electron chi connectivity index (χ4n) is 2.12. The lowest BCUT2D eigenvalue weighted by molar-refractivity contribution is 0.414. The summed E-state index contributed by atoms with van der Waals surface area (Å²) in [5.41, 5.74) is 2.47. The van der Waals surface area contributed by atoms with E-state index in [9.17, 15) is 0 Å². The molecule has 0 aliphatic heterocycles. The first-order valence-corrected chi connectivity index (χ1v) is 8.38. The van der Waals surface area contributed by atoms with E-state index in [0.29, 0.717) is 6.04 Å². The van der Waals surface area contributed by atoms with Crippen LogP contribution in [0.25, 0.3) is 0 Å². The molecule has 0 saturated heterocycles. The van der Waals surface area contributed by atoms with Crippen molar-refractivity contribution < 1.29 is 4.74 Å². The van der Waals surface area contributed by atoms with Crippen LogP contribution in [-0.4, -0.2) is 13.2 Å². The van der Waals surface area contributed by atoms with Crippen LogP contribution in [0.4, 0.5) is 5.69 Å². The molecule has 1 atom stereocenters. The quantitative estimate of drug-likeness (QED) is 0.639. The van der Waals surface area contributed by atoms with Gasteiger partial charge in [-0.1, -0.05) is 23.7 Å². The molecule has 2 aromatic carbocycles. The summed E-state index contributed by atoms with van der Waals surface area (Å²) in [5, 5.41) is 4.31. The van der Waals surface area contributed by atoms with Gasteiger partial charge in [0.05, 0.1) is 7.11 Å². The largest absolute Gasteiger partial charge is 0.497 e. The number of nitrogens with one attached hydrogen (secondary N) is 1. The van der Waals surface area contributed by atoms with Gasteiger partial charge in [0.1, 0.15) is 5.75 Å². The van der Waals surface area contributed by atoms with Crippen LogP contribution >= 0.6 is 34.2 Å². The molecule has 0 spiro atoms. The molecule has 0 amide bonds. The van der Waals surface area contributed by atoms with E-state index >= 15 is 0 Å². The molecule has 112 valence electrons. The van der Waals surface area contributed by atoms with E-state index in [0.717, 1.165) is 32.9 Å². The number of hydrogen-bond donors (Lipinski definition) is 1. The van der Waals surface area contributed by atoms with Crippen LogP contribution in [0.1, 0.15) is 18.9 Å². The maximum atomic E-state index is 5.98. The van der Waals surface area contributed by atoms with Crippen molar-refractivity contribution in [1.82, 2.24) is 0 Å². The number of benzene rings is 2. The molecule has 2 nitrogen and oxygen atoms in total. The molecule has 0 bridgehead atoms. The van der Waals surface area contributed by atoms with Crippen LogP contribution < -0.4 is 10.1 Å². The Balaban J connectivity index is 1.87. The molecule has 21 heavy (non-hydrogen) atoms. The highest BCUT2D eigenvalue weighted by molar-refractivity contribution is 14.1. The summed E-state index contributed by atoms with van der Waals surface area (Å²) in [6.07, 6.45) is 2.12. The molecule has 2 rings (SSSR count). The lowest BCUT2D eigenvalue weighted by Crippen LogP contribution is -2.16. The van der Waals surface area contributed by atoms with E-state index < -0.39 is 0 Å². The van der Waals surface area contributed by atoms with E-state index in [-0.39, 0.29) is 0 Å². The van der Waals surface area contributed by atoms with Gasteiger partial charge in [-0.15, -0.1) is 0 Å². The lowest BCUT2D eigenvalue weighted by Gasteiger charge is -2.16. The molecule has 0 saturated carbocycles. The van der Waals surface area contributed by atoms with Gasteiger partial charge in [0.15, 0.2) is 0 Å². The van der Waals surface area contributed by atoms with Gasteiger partial charge in [-0.25, -0.2) is 0 Å². The summed E-state index contributed by atoms with van der Waals surface area (Å²) >= 11 is 8.28. The number of methoxy groups -OCH3 is 1. The molecule has 0 aliphatic carbocycles. The summed E-state index contributed by atoms with van der Waals surface area (Å²) in [7, 11) is 1.69. The number of anilines is 1. The van der Waals surface area contributed by atoms with Crippen LogP contribution in [0.3, 0.4) is 0 Å². The molecule has 0 aromatic heterocycles. The average molecular weight is 416 g/mol. The topological polar surface area (TPSA) is 21.3 Å². The summed E-state index contributed by atoms with van der Waals surface area (Å²) < 4.78 is 6.32. The van der Waals surface area contributed by atoms with E-state index in [4.69, 9.17) is 16.3 Å². The second-order valence-corrected chi connectivity index (χ2v) is 6.65. The zero-order valence-electron chi connectivity index (χ0n) is 12.2. The van der Waals surface area contributed by atoms with Gasteiger partial charge in [-0.3, -0.25) is 0 Å². The van der Waals surface area contributed by atoms with Crippen LogP contribution in [0.15, 0.2) is 42.5 Å². The SMILES string of the molecule is COc1ccc(CCC(C)Nc2ccc(Cl)cc2I)cc1. The standard InChI is InChI=1S/C17H19ClINO/c1-12(20-17-10-7-14(18)11-16(17)19)3-4-13-5-8-15(21-2)9-6-13/h5-12,20H,3-4H2,1-2H3. The number of hydrogen-bond acceptors (Lipinski definition) is 2. The highest BCUT2D eigenvalue weighted by atomic mass is 127. The van der Waals surface area contributed by atoms with Crippen molar-refractivity contribution in [3.8, 4) is 5.75 Å². The van der Waals surface area contributed by atoms with Crippen LogP contribution in [0, 0.1) is 3.57 Å². The molecule has 4 heteroatoms. The van der Waals surface area contributed by atoms with Crippen LogP contribution in [0.5, 0.6) is 5.75 Å². The van der Waals surface area contributed by atoms with Gasteiger partial charge in [-0.05, 0) is 78.3 Å². The van der Waals surface area contributed by atoms with Crippen molar-refractivity contribution in [3.63, 3.8) is 0 Å². The van der Waals surface area contributed by atoms with E-state index in [1.807, 2.05) is 30.3 Å². The van der Waals surface area contributed by atoms with Crippen LogP contribution in [-0.2, 0) is 6.42 Å². The molecule has 0 heterocycles. The third-order valence-electron chi connectivity index (χ3n) is 3.36. The summed E-state index contributed by atoms with van der Waals surface area (Å²) in [5.74, 6) is 0.903. The third kappa shape index (κ3) is 5.08. The normalized spacial score (nSPS) is 12.0. The molecular formula is C17H19ClINO. The minimum Gasteiger partial charge on any atom is -0.497 e. The predicted molar refractivity (Wildman–Crippen MR) is 98.6 cm³/mol. The fraction of sp³-hybridized carbons (Fsp3) is 0.294. The van der Waals surface area contributed by atoms with Gasteiger partial charge in [-0.2, -0.15) is 0 Å². The van der Waals surface area contributed by atoms with E-state index in [2.05, 4.69) is 47.0 Å². The monoisotopic (exact) mass is 415 g/mol. The van der Waals surface area contributed by atoms with E-state index in [1.165, 1.54) is 5.56 Å². The van der Waals surface area contributed by atoms with Gasteiger partial charge >= 0.3 is 0 Å². The highest BCUT2D eigenvalue weighted by Gasteiger charge is 2.06. The summed E-state index contributed by atoms with van der Waals surface area (Å²) in [6, 6.07) is 14.6. The Kier molecular flexibility index (Phi) is 6.18. The average Bonchev–Trinajstić information content (AvgIpc) is 2.48. The van der Waals surface area contributed by atoms with Crippen molar-refractivity contribution in [2.45, 2.75) is 25.8 Å². The molecule has 0 fully saturated rings. The summed E-state index contributed by atoms with van der Waals surface area (Å²) in [4.78, 5) is 0. The fourth-order valence-corrected chi connectivity index (χ4v) is 3.15. The maximum Gasteiger partial charge on any atom is 0.118 e. The Bertz CT molecular complexity index is 586. The Hall–Kier alpha value is -0.940. The third-order valence-corrected chi connectivity index (χ3v) is 4.49. The van der Waals surface area contributed by atoms with Crippen molar-refractivity contribution in [2.24, 2.45) is 0 Å². The second-order valence-electron chi connectivity index (χ2n) is 5.06. The van der Waals surface area contributed by atoms with Gasteiger partial charge in [0.25, 0.3) is 0 Å². The molecule has 2 aromatic rings. The number of aryl methyl sites for hydroxylation is 1. The minimum absolute atomic E-state index is 0.404. The summed E-state index contributed by atoms with van der Waals surface area (Å²) in [6.45, 7) is 2.20. The minimum atomic E-state index is 0.404. The lowest BCUT2D eigenvalue weighted by atomic mass is 10.1. The first-order valence-electron chi connectivity index (χ1n) is 6.93.